The number of hydrogen-bond acceptors (Lipinski definition) is 5. The molecule has 28 heavy (non-hydrogen) atoms. The minimum Gasteiger partial charge on any atom is -0.455 e. The van der Waals surface area contributed by atoms with Gasteiger partial charge in [-0.05, 0) is 49.2 Å². The predicted octanol–water partition coefficient (Wildman–Crippen LogP) is 3.81. The molecule has 0 atom stereocenters. The molecule has 8 heteroatoms. The molecule has 0 aliphatic carbocycles. The van der Waals surface area contributed by atoms with Gasteiger partial charge in [0.05, 0.1) is 22.2 Å². The maximum Gasteiger partial charge on any atom is 0.316 e. The average Bonchev–Trinajstić information content (AvgIpc) is 2.62. The fourth-order valence-corrected chi connectivity index (χ4v) is 3.13. The van der Waals surface area contributed by atoms with Crippen LogP contribution in [0.2, 0.25) is 5.02 Å². The minimum absolute atomic E-state index is 0.0280. The van der Waals surface area contributed by atoms with Crippen molar-refractivity contribution in [1.29, 1.82) is 0 Å². The molecule has 0 aromatic heterocycles. The third-order valence-electron chi connectivity index (χ3n) is 3.52. The van der Waals surface area contributed by atoms with E-state index in [1.165, 1.54) is 0 Å². The quantitative estimate of drug-likeness (QED) is 0.634. The molecule has 0 radical (unpaired) electrons. The van der Waals surface area contributed by atoms with Crippen molar-refractivity contribution in [2.45, 2.75) is 13.8 Å². The number of carbonyl (C=O) groups is 3. The molecule has 0 saturated carbocycles. The summed E-state index contributed by atoms with van der Waals surface area (Å²) < 4.78 is 4.91. The Kier molecular flexibility index (Phi) is 8.35. The van der Waals surface area contributed by atoms with Crippen LogP contribution in [0.25, 0.3) is 0 Å². The van der Waals surface area contributed by atoms with E-state index >= 15 is 0 Å². The minimum atomic E-state index is -0.571. The molecule has 0 spiro atoms. The van der Waals surface area contributed by atoms with Gasteiger partial charge in [-0.3, -0.25) is 14.4 Å². The molecular weight excluding hydrogens is 400 g/mol. The Bertz CT molecular complexity index is 873. The molecular formula is C20H21ClN2O4S. The maximum absolute atomic E-state index is 11.9. The molecule has 6 nitrogen and oxygen atoms in total. The number of benzene rings is 2. The summed E-state index contributed by atoms with van der Waals surface area (Å²) in [5.41, 5.74) is 3.17. The molecule has 2 rings (SSSR count). The maximum atomic E-state index is 11.9. The summed E-state index contributed by atoms with van der Waals surface area (Å²) in [7, 11) is 0. The fraction of sp³-hybridized carbons (Fsp3) is 0.250. The van der Waals surface area contributed by atoms with E-state index in [1.807, 2.05) is 38.1 Å². The number of carbonyl (C=O) groups excluding carboxylic acids is 3. The molecule has 0 fully saturated rings. The van der Waals surface area contributed by atoms with Crippen LogP contribution in [-0.2, 0) is 19.1 Å². The van der Waals surface area contributed by atoms with E-state index in [0.717, 1.165) is 22.9 Å². The summed E-state index contributed by atoms with van der Waals surface area (Å²) in [4.78, 5) is 35.4. The summed E-state index contributed by atoms with van der Waals surface area (Å²) in [6.07, 6.45) is 0. The van der Waals surface area contributed by atoms with Crippen molar-refractivity contribution in [3.8, 4) is 0 Å². The number of esters is 1. The van der Waals surface area contributed by atoms with Gasteiger partial charge < -0.3 is 15.4 Å². The van der Waals surface area contributed by atoms with Crippen molar-refractivity contribution >= 4 is 52.5 Å². The van der Waals surface area contributed by atoms with E-state index in [4.69, 9.17) is 16.3 Å². The van der Waals surface area contributed by atoms with E-state index < -0.39 is 18.5 Å². The first kappa shape index (κ1) is 21.8. The zero-order valence-electron chi connectivity index (χ0n) is 15.6. The van der Waals surface area contributed by atoms with E-state index in [2.05, 4.69) is 10.6 Å². The van der Waals surface area contributed by atoms with Crippen LogP contribution in [0.4, 0.5) is 11.4 Å². The second-order valence-corrected chi connectivity index (χ2v) is 7.50. The number of amides is 2. The third kappa shape index (κ3) is 7.62. The van der Waals surface area contributed by atoms with Crippen molar-refractivity contribution in [2.75, 3.05) is 28.7 Å². The molecule has 2 aromatic rings. The summed E-state index contributed by atoms with van der Waals surface area (Å²) in [5.74, 6) is -1.19. The number of halogens is 1. The van der Waals surface area contributed by atoms with Gasteiger partial charge in [0, 0.05) is 5.69 Å². The van der Waals surface area contributed by atoms with Crippen molar-refractivity contribution in [1.82, 2.24) is 0 Å². The number of nitrogens with one attached hydrogen (secondary N) is 2. The Labute approximate surface area is 173 Å². The molecule has 2 aromatic carbocycles. The summed E-state index contributed by atoms with van der Waals surface area (Å²) in [5, 5.41) is 5.75. The van der Waals surface area contributed by atoms with Gasteiger partial charge in [-0.2, -0.15) is 0 Å². The summed E-state index contributed by atoms with van der Waals surface area (Å²) in [6.45, 7) is 3.40. The Hall–Kier alpha value is -2.51. The van der Waals surface area contributed by atoms with E-state index in [1.54, 1.807) is 18.2 Å². The second-order valence-electron chi connectivity index (χ2n) is 6.10. The van der Waals surface area contributed by atoms with E-state index in [9.17, 15) is 14.4 Å². The molecule has 0 saturated heterocycles. The zero-order valence-corrected chi connectivity index (χ0v) is 17.2. The zero-order chi connectivity index (χ0) is 20.5. The highest BCUT2D eigenvalue weighted by molar-refractivity contribution is 8.00. The van der Waals surface area contributed by atoms with Crippen LogP contribution >= 0.6 is 23.4 Å². The average molecular weight is 421 g/mol. The Morgan fingerprint density at radius 3 is 2.43 bits per heavy atom. The van der Waals surface area contributed by atoms with Gasteiger partial charge >= 0.3 is 5.97 Å². The predicted molar refractivity (Wildman–Crippen MR) is 113 cm³/mol. The highest BCUT2D eigenvalue weighted by atomic mass is 35.5. The van der Waals surface area contributed by atoms with Crippen LogP contribution in [0.5, 0.6) is 0 Å². The molecule has 0 unspecified atom stereocenters. The number of hydrogen-bond donors (Lipinski definition) is 2. The summed E-state index contributed by atoms with van der Waals surface area (Å²) >= 11 is 7.15. The first-order chi connectivity index (χ1) is 13.3. The molecule has 0 heterocycles. The third-order valence-corrected chi connectivity index (χ3v) is 4.74. The smallest absolute Gasteiger partial charge is 0.316 e. The Morgan fingerprint density at radius 2 is 1.71 bits per heavy atom. The van der Waals surface area contributed by atoms with E-state index in [0.29, 0.717) is 16.4 Å². The molecule has 2 N–H and O–H groups in total. The van der Waals surface area contributed by atoms with E-state index in [-0.39, 0.29) is 17.4 Å². The lowest BCUT2D eigenvalue weighted by Gasteiger charge is -2.09. The van der Waals surface area contributed by atoms with Crippen LogP contribution in [-0.4, -0.2) is 35.9 Å². The van der Waals surface area contributed by atoms with Crippen LogP contribution < -0.4 is 10.6 Å². The van der Waals surface area contributed by atoms with Gasteiger partial charge in [-0.1, -0.05) is 29.8 Å². The second kappa shape index (κ2) is 10.7. The highest BCUT2D eigenvalue weighted by Gasteiger charge is 2.11. The first-order valence-corrected chi connectivity index (χ1v) is 10.0. The molecule has 0 aliphatic rings. The number of anilines is 2. The van der Waals surface area contributed by atoms with Gasteiger partial charge in [0.2, 0.25) is 5.91 Å². The number of rotatable bonds is 8. The first-order valence-electron chi connectivity index (χ1n) is 8.49. The largest absolute Gasteiger partial charge is 0.455 e. The topological polar surface area (TPSA) is 84.5 Å². The van der Waals surface area contributed by atoms with Gasteiger partial charge in [0.25, 0.3) is 5.91 Å². The standard InChI is InChI=1S/C20H21ClN2O4S/c1-13-4-3-5-15(8-13)22-19(25)11-28-12-20(26)27-10-18(24)23-17-7-6-14(2)9-16(17)21/h3-9H,10-12H2,1-2H3,(H,22,25)(H,23,24). The highest BCUT2D eigenvalue weighted by Crippen LogP contribution is 2.22. The Balaban J connectivity index is 1.65. The molecule has 148 valence electrons. The lowest BCUT2D eigenvalue weighted by Crippen LogP contribution is -2.22. The Morgan fingerprint density at radius 1 is 0.964 bits per heavy atom. The van der Waals surface area contributed by atoms with Crippen LogP contribution in [0.1, 0.15) is 11.1 Å². The lowest BCUT2D eigenvalue weighted by molar-refractivity contribution is -0.144. The van der Waals surface area contributed by atoms with Crippen molar-refractivity contribution in [3.05, 3.63) is 58.6 Å². The fourth-order valence-electron chi connectivity index (χ4n) is 2.24. The number of ether oxygens (including phenoxy) is 1. The summed E-state index contributed by atoms with van der Waals surface area (Å²) in [6, 6.07) is 12.7. The van der Waals surface area contributed by atoms with Gasteiger partial charge in [-0.15, -0.1) is 11.8 Å². The lowest BCUT2D eigenvalue weighted by atomic mass is 10.2. The molecule has 0 aliphatic heterocycles. The monoisotopic (exact) mass is 420 g/mol. The van der Waals surface area contributed by atoms with Crippen LogP contribution in [0, 0.1) is 13.8 Å². The number of thioether (sulfide) groups is 1. The van der Waals surface area contributed by atoms with Crippen molar-refractivity contribution in [2.24, 2.45) is 0 Å². The van der Waals surface area contributed by atoms with Gasteiger partial charge in [-0.25, -0.2) is 0 Å². The molecule has 0 bridgehead atoms. The van der Waals surface area contributed by atoms with Crippen molar-refractivity contribution in [3.63, 3.8) is 0 Å². The van der Waals surface area contributed by atoms with Crippen LogP contribution in [0.15, 0.2) is 42.5 Å². The normalized spacial score (nSPS) is 10.2. The van der Waals surface area contributed by atoms with Crippen molar-refractivity contribution < 1.29 is 19.1 Å². The molecule has 2 amide bonds. The van der Waals surface area contributed by atoms with Crippen LogP contribution in [0.3, 0.4) is 0 Å². The number of aryl methyl sites for hydroxylation is 2. The van der Waals surface area contributed by atoms with Gasteiger partial charge in [0.15, 0.2) is 6.61 Å². The van der Waals surface area contributed by atoms with Gasteiger partial charge in [0.1, 0.15) is 0 Å². The SMILES string of the molecule is Cc1cccc(NC(=O)CSCC(=O)OCC(=O)Nc2ccc(C)cc2Cl)c1.